The highest BCUT2D eigenvalue weighted by atomic mass is 16.5. The summed E-state index contributed by atoms with van der Waals surface area (Å²) >= 11 is 0. The Morgan fingerprint density at radius 3 is 2.27 bits per heavy atom. The Morgan fingerprint density at radius 1 is 1.12 bits per heavy atom. The Kier molecular flexibility index (Phi) is 9.66. The lowest BCUT2D eigenvalue weighted by molar-refractivity contribution is -0.228. The second kappa shape index (κ2) is 10.9. The van der Waals surface area contributed by atoms with Crippen molar-refractivity contribution in [1.82, 2.24) is 5.32 Å². The number of rotatable bonds is 9. The van der Waals surface area contributed by atoms with E-state index in [-0.39, 0.29) is 18.7 Å². The van der Waals surface area contributed by atoms with Gasteiger partial charge in [0.15, 0.2) is 0 Å². The third kappa shape index (κ3) is 5.98. The van der Waals surface area contributed by atoms with Gasteiger partial charge in [-0.15, -0.1) is 0 Å². The Balaban J connectivity index is 2.77. The highest BCUT2D eigenvalue weighted by Crippen LogP contribution is 2.23. The third-order valence-corrected chi connectivity index (χ3v) is 4.53. The predicted octanol–water partition coefficient (Wildman–Crippen LogP) is -2.20. The van der Waals surface area contributed by atoms with Crippen LogP contribution < -0.4 is 5.32 Å². The molecule has 9 nitrogen and oxygen atoms in total. The maximum atomic E-state index is 11.6. The number of aliphatic hydroxyl groups excluding tert-OH is 6. The highest BCUT2D eigenvalue weighted by Gasteiger charge is 2.42. The summed E-state index contributed by atoms with van der Waals surface area (Å²) in [5.41, 5.74) is 0. The van der Waals surface area contributed by atoms with E-state index >= 15 is 0 Å². The zero-order valence-corrected chi connectivity index (χ0v) is 15.1. The summed E-state index contributed by atoms with van der Waals surface area (Å²) in [4.78, 5) is 11.6. The molecule has 9 heteroatoms. The van der Waals surface area contributed by atoms with Gasteiger partial charge in [0.2, 0.25) is 5.91 Å². The van der Waals surface area contributed by atoms with Gasteiger partial charge in [-0.05, 0) is 12.8 Å². The highest BCUT2D eigenvalue weighted by molar-refractivity contribution is 5.76. The molecule has 0 spiro atoms. The van der Waals surface area contributed by atoms with E-state index in [0.717, 1.165) is 0 Å². The lowest BCUT2D eigenvalue weighted by Gasteiger charge is -2.39. The molecule has 0 aromatic rings. The second-order valence-electron chi connectivity index (χ2n) is 6.44. The molecule has 0 aromatic heterocycles. The number of amides is 1. The smallest absolute Gasteiger partial charge is 0.220 e. The number of aliphatic hydroxyl groups is 6. The number of carbonyl (C=O) groups is 1. The Bertz CT molecular complexity index is 458. The van der Waals surface area contributed by atoms with Crippen LogP contribution in [0.3, 0.4) is 0 Å². The summed E-state index contributed by atoms with van der Waals surface area (Å²) in [6.07, 6.45) is -4.68. The van der Waals surface area contributed by atoms with Crippen LogP contribution >= 0.6 is 0 Å². The summed E-state index contributed by atoms with van der Waals surface area (Å²) in [6.45, 7) is 2.85. The third-order valence-electron chi connectivity index (χ3n) is 4.53. The van der Waals surface area contributed by atoms with Gasteiger partial charge in [-0.25, -0.2) is 0 Å². The Morgan fingerprint density at radius 2 is 1.73 bits per heavy atom. The van der Waals surface area contributed by atoms with Gasteiger partial charge in [-0.2, -0.15) is 0 Å². The van der Waals surface area contributed by atoms with Crippen LogP contribution in [0.2, 0.25) is 0 Å². The molecular weight excluding hydrogens is 346 g/mol. The molecule has 0 aromatic carbocycles. The molecule has 0 saturated carbocycles. The van der Waals surface area contributed by atoms with Crippen LogP contribution in [0.1, 0.15) is 33.1 Å². The van der Waals surface area contributed by atoms with E-state index in [2.05, 4.69) is 5.32 Å². The van der Waals surface area contributed by atoms with Crippen molar-refractivity contribution in [3.63, 3.8) is 0 Å². The maximum Gasteiger partial charge on any atom is 0.220 e. The van der Waals surface area contributed by atoms with Crippen molar-refractivity contribution in [2.45, 2.75) is 81.9 Å². The average molecular weight is 377 g/mol. The SMILES string of the molecule is CCC(=O)N[C@@H](/C=C/C[C@H]1OC(CO)[C@H](O)[C@H](O)C1O)[C@H](O)[C@H](O)CC. The van der Waals surface area contributed by atoms with Gasteiger partial charge < -0.3 is 40.7 Å². The lowest BCUT2D eigenvalue weighted by atomic mass is 9.93. The predicted molar refractivity (Wildman–Crippen MR) is 92.1 cm³/mol. The number of carbonyl (C=O) groups excluding carboxylic acids is 1. The van der Waals surface area contributed by atoms with Crippen LogP contribution in [-0.2, 0) is 9.53 Å². The fourth-order valence-electron chi connectivity index (χ4n) is 2.75. The quantitative estimate of drug-likeness (QED) is 0.223. The fraction of sp³-hybridized carbons (Fsp3) is 0.824. The molecule has 1 heterocycles. The molecule has 26 heavy (non-hydrogen) atoms. The van der Waals surface area contributed by atoms with Crippen molar-refractivity contribution in [2.24, 2.45) is 0 Å². The molecule has 1 rings (SSSR count). The largest absolute Gasteiger partial charge is 0.394 e. The van der Waals surface area contributed by atoms with Crippen LogP contribution in [0.5, 0.6) is 0 Å². The Hall–Kier alpha value is -1.07. The molecule has 1 amide bonds. The van der Waals surface area contributed by atoms with E-state index in [0.29, 0.717) is 6.42 Å². The molecule has 2 unspecified atom stereocenters. The van der Waals surface area contributed by atoms with E-state index in [1.807, 2.05) is 0 Å². The summed E-state index contributed by atoms with van der Waals surface area (Å²) in [7, 11) is 0. The molecule has 1 saturated heterocycles. The zero-order chi connectivity index (χ0) is 19.9. The second-order valence-corrected chi connectivity index (χ2v) is 6.44. The van der Waals surface area contributed by atoms with E-state index in [9.17, 15) is 35.4 Å². The maximum absolute atomic E-state index is 11.6. The van der Waals surface area contributed by atoms with Crippen LogP contribution in [0.4, 0.5) is 0 Å². The molecule has 0 bridgehead atoms. The monoisotopic (exact) mass is 377 g/mol. The summed E-state index contributed by atoms with van der Waals surface area (Å²) in [5.74, 6) is -0.296. The normalized spacial score (nSPS) is 33.0. The molecular formula is C17H31NO8. The van der Waals surface area contributed by atoms with Gasteiger partial charge in [0.05, 0.1) is 24.9 Å². The standard InChI is InChI=1S/C17H31NO8/c1-3-10(20)14(22)9(18-13(21)4-2)6-5-7-11-15(23)17(25)16(24)12(8-19)26-11/h5-6,9-12,14-17,19-20,22-25H,3-4,7-8H2,1-2H3,(H,18,21)/b6-5+/t9-,10+,11+,12?,14-,15?,16-,17+/m0/s1. The topological polar surface area (TPSA) is 160 Å². The van der Waals surface area contributed by atoms with Crippen molar-refractivity contribution in [3.8, 4) is 0 Å². The average Bonchev–Trinajstić information content (AvgIpc) is 2.65. The van der Waals surface area contributed by atoms with Gasteiger partial charge >= 0.3 is 0 Å². The van der Waals surface area contributed by atoms with Crippen LogP contribution in [0.15, 0.2) is 12.2 Å². The van der Waals surface area contributed by atoms with E-state index in [1.165, 1.54) is 6.08 Å². The van der Waals surface area contributed by atoms with Gasteiger partial charge in [0, 0.05) is 6.42 Å². The first-order chi connectivity index (χ1) is 12.3. The molecule has 1 fully saturated rings. The zero-order valence-electron chi connectivity index (χ0n) is 15.1. The van der Waals surface area contributed by atoms with Gasteiger partial charge in [-0.3, -0.25) is 4.79 Å². The lowest BCUT2D eigenvalue weighted by Crippen LogP contribution is -2.58. The summed E-state index contributed by atoms with van der Waals surface area (Å²) in [5, 5.41) is 61.3. The minimum Gasteiger partial charge on any atom is -0.394 e. The van der Waals surface area contributed by atoms with Crippen molar-refractivity contribution >= 4 is 5.91 Å². The van der Waals surface area contributed by atoms with Crippen LogP contribution in [0.25, 0.3) is 0 Å². The molecule has 0 aliphatic carbocycles. The summed E-state index contributed by atoms with van der Waals surface area (Å²) in [6, 6.07) is -0.831. The first kappa shape index (κ1) is 23.0. The van der Waals surface area contributed by atoms with Crippen molar-refractivity contribution in [2.75, 3.05) is 6.61 Å². The minimum atomic E-state index is -1.46. The first-order valence-electron chi connectivity index (χ1n) is 8.89. The first-order valence-corrected chi connectivity index (χ1v) is 8.89. The number of nitrogens with one attached hydrogen (secondary N) is 1. The number of hydrogen-bond acceptors (Lipinski definition) is 8. The van der Waals surface area contributed by atoms with Crippen molar-refractivity contribution in [3.05, 3.63) is 12.2 Å². The van der Waals surface area contributed by atoms with Crippen molar-refractivity contribution < 1.29 is 40.2 Å². The van der Waals surface area contributed by atoms with E-state index in [1.54, 1.807) is 19.9 Å². The molecule has 7 N–H and O–H groups in total. The van der Waals surface area contributed by atoms with Gasteiger partial charge in [0.1, 0.15) is 30.5 Å². The van der Waals surface area contributed by atoms with Crippen molar-refractivity contribution in [1.29, 1.82) is 0 Å². The van der Waals surface area contributed by atoms with E-state index in [4.69, 9.17) is 4.74 Å². The molecule has 152 valence electrons. The Labute approximate surface area is 152 Å². The van der Waals surface area contributed by atoms with Crippen LogP contribution in [-0.4, -0.2) is 91.9 Å². The molecule has 8 atom stereocenters. The molecule has 1 aliphatic rings. The van der Waals surface area contributed by atoms with Crippen LogP contribution in [0, 0.1) is 0 Å². The summed E-state index contributed by atoms with van der Waals surface area (Å²) < 4.78 is 5.38. The van der Waals surface area contributed by atoms with Gasteiger partial charge in [0.25, 0.3) is 0 Å². The molecule has 1 aliphatic heterocycles. The van der Waals surface area contributed by atoms with Gasteiger partial charge in [-0.1, -0.05) is 26.0 Å². The molecule has 0 radical (unpaired) electrons. The van der Waals surface area contributed by atoms with E-state index < -0.39 is 55.4 Å². The minimum absolute atomic E-state index is 0.106. The number of ether oxygens (including phenoxy) is 1. The number of hydrogen-bond donors (Lipinski definition) is 7. The fourth-order valence-corrected chi connectivity index (χ4v) is 2.75.